The highest BCUT2D eigenvalue weighted by atomic mass is 16.3. The summed E-state index contributed by atoms with van der Waals surface area (Å²) < 4.78 is 0. The second-order valence-corrected chi connectivity index (χ2v) is 12.8. The van der Waals surface area contributed by atoms with Crippen LogP contribution in [0, 0.1) is 58.2 Å². The summed E-state index contributed by atoms with van der Waals surface area (Å²) in [5.74, 6) is 6.37. The van der Waals surface area contributed by atoms with Gasteiger partial charge in [0.15, 0.2) is 0 Å². The average molecular weight is 415 g/mol. The first-order chi connectivity index (χ1) is 14.2. The summed E-state index contributed by atoms with van der Waals surface area (Å²) in [4.78, 5) is 0. The van der Waals surface area contributed by atoms with E-state index in [-0.39, 0.29) is 11.5 Å². The molecule has 4 saturated carbocycles. The van der Waals surface area contributed by atoms with Gasteiger partial charge in [-0.05, 0) is 116 Å². The van der Waals surface area contributed by atoms with Gasteiger partial charge in [0, 0.05) is 0 Å². The fraction of sp³-hybridized carbons (Fsp3) is 0.931. The molecule has 0 aromatic heterocycles. The first kappa shape index (κ1) is 22.9. The monoisotopic (exact) mass is 414 g/mol. The van der Waals surface area contributed by atoms with Crippen LogP contribution >= 0.6 is 0 Å². The minimum atomic E-state index is -0.0468. The smallest absolute Gasteiger partial charge is 0.0599 e. The third-order valence-corrected chi connectivity index (χ3v) is 11.4. The Hall–Kier alpha value is -0.300. The first-order valence-electron chi connectivity index (χ1n) is 13.6. The van der Waals surface area contributed by atoms with Crippen molar-refractivity contribution in [1.29, 1.82) is 0 Å². The highest BCUT2D eigenvalue weighted by Gasteiger charge is 2.61. The quantitative estimate of drug-likeness (QED) is 0.454. The largest absolute Gasteiger partial charge is 0.393 e. The van der Waals surface area contributed by atoms with Crippen LogP contribution in [0.3, 0.4) is 0 Å². The number of aliphatic hydroxyl groups is 1. The van der Waals surface area contributed by atoms with Crippen LogP contribution in [0.5, 0.6) is 0 Å². The summed E-state index contributed by atoms with van der Waals surface area (Å²) in [6.07, 6.45) is 18.5. The summed E-state index contributed by atoms with van der Waals surface area (Å²) in [6, 6.07) is 0. The van der Waals surface area contributed by atoms with Gasteiger partial charge in [0.25, 0.3) is 0 Å². The molecule has 172 valence electrons. The predicted molar refractivity (Wildman–Crippen MR) is 128 cm³/mol. The van der Waals surface area contributed by atoms with Crippen LogP contribution in [-0.4, -0.2) is 11.2 Å². The molecular formula is C29H50O. The Morgan fingerprint density at radius 3 is 2.37 bits per heavy atom. The van der Waals surface area contributed by atoms with Gasteiger partial charge in [-0.2, -0.15) is 0 Å². The van der Waals surface area contributed by atoms with Gasteiger partial charge in [0.1, 0.15) is 0 Å². The maximum atomic E-state index is 11.1. The summed E-state index contributed by atoms with van der Waals surface area (Å²) in [5, 5.41) is 11.1. The van der Waals surface area contributed by atoms with E-state index in [2.05, 4.69) is 53.7 Å². The molecule has 10 atom stereocenters. The zero-order valence-electron chi connectivity index (χ0n) is 20.9. The molecule has 3 unspecified atom stereocenters. The van der Waals surface area contributed by atoms with Crippen molar-refractivity contribution in [2.75, 3.05) is 0 Å². The molecule has 0 heterocycles. The van der Waals surface area contributed by atoms with Crippen molar-refractivity contribution in [1.82, 2.24) is 0 Å². The Morgan fingerprint density at radius 1 is 0.900 bits per heavy atom. The lowest BCUT2D eigenvalue weighted by Crippen LogP contribution is -2.57. The standard InChI is InChI=1S/C29H50O/c1-7-21(19(2)3)12-11-20(4)24-15-16-25-23-14-13-22-9-8-10-27(30)29(22,6)26(23)17-18-28(24,25)5/h11-12,19-27,30H,7-10,13-18H2,1-6H3/t20-,21?,22?,23+,24-,25+,26+,27?,28-,29+/m1/s1. The molecule has 0 amide bonds. The Bertz CT molecular complexity index is 622. The van der Waals surface area contributed by atoms with Gasteiger partial charge in [0.2, 0.25) is 0 Å². The van der Waals surface area contributed by atoms with E-state index in [1.807, 2.05) is 0 Å². The van der Waals surface area contributed by atoms with Crippen molar-refractivity contribution in [3.05, 3.63) is 12.2 Å². The van der Waals surface area contributed by atoms with E-state index in [0.29, 0.717) is 11.3 Å². The molecule has 1 nitrogen and oxygen atoms in total. The number of hydrogen-bond acceptors (Lipinski definition) is 1. The third-order valence-electron chi connectivity index (χ3n) is 11.4. The highest BCUT2D eigenvalue weighted by molar-refractivity contribution is 5.12. The van der Waals surface area contributed by atoms with E-state index >= 15 is 0 Å². The molecule has 0 aliphatic heterocycles. The summed E-state index contributed by atoms with van der Waals surface area (Å²) >= 11 is 0. The second kappa shape index (κ2) is 8.57. The van der Waals surface area contributed by atoms with Gasteiger partial charge in [-0.15, -0.1) is 0 Å². The molecule has 30 heavy (non-hydrogen) atoms. The average Bonchev–Trinajstić information content (AvgIpc) is 3.06. The number of hydrogen-bond donors (Lipinski definition) is 1. The topological polar surface area (TPSA) is 20.2 Å². The molecule has 4 aliphatic rings. The van der Waals surface area contributed by atoms with Gasteiger partial charge in [0.05, 0.1) is 6.10 Å². The number of rotatable bonds is 5. The number of allylic oxidation sites excluding steroid dienone is 2. The van der Waals surface area contributed by atoms with Gasteiger partial charge < -0.3 is 5.11 Å². The molecule has 0 radical (unpaired) electrons. The summed E-state index contributed by atoms with van der Waals surface area (Å²) in [6.45, 7) is 14.8. The van der Waals surface area contributed by atoms with E-state index in [4.69, 9.17) is 0 Å². The van der Waals surface area contributed by atoms with Crippen molar-refractivity contribution in [3.63, 3.8) is 0 Å². The first-order valence-corrected chi connectivity index (χ1v) is 13.6. The lowest BCUT2D eigenvalue weighted by Gasteiger charge is -2.62. The lowest BCUT2D eigenvalue weighted by atomic mass is 9.44. The van der Waals surface area contributed by atoms with Crippen molar-refractivity contribution in [2.24, 2.45) is 58.2 Å². The van der Waals surface area contributed by atoms with Crippen molar-refractivity contribution in [2.45, 2.75) is 112 Å². The van der Waals surface area contributed by atoms with Gasteiger partial charge >= 0.3 is 0 Å². The minimum absolute atomic E-state index is 0.0468. The normalized spacial score (nSPS) is 48.3. The summed E-state index contributed by atoms with van der Waals surface area (Å²) in [5.41, 5.74) is 0.727. The van der Waals surface area contributed by atoms with E-state index in [1.165, 1.54) is 57.8 Å². The number of aliphatic hydroxyl groups excluding tert-OH is 1. The molecule has 1 N–H and O–H groups in total. The van der Waals surface area contributed by atoms with E-state index < -0.39 is 0 Å². The zero-order valence-corrected chi connectivity index (χ0v) is 20.9. The van der Waals surface area contributed by atoms with Crippen molar-refractivity contribution < 1.29 is 5.11 Å². The van der Waals surface area contributed by atoms with E-state index in [1.54, 1.807) is 0 Å². The fourth-order valence-corrected chi connectivity index (χ4v) is 9.50. The molecule has 0 spiro atoms. The Balaban J connectivity index is 1.52. The van der Waals surface area contributed by atoms with Crippen LogP contribution in [0.2, 0.25) is 0 Å². The second-order valence-electron chi connectivity index (χ2n) is 12.8. The van der Waals surface area contributed by atoms with Gasteiger partial charge in [-0.1, -0.05) is 60.1 Å². The van der Waals surface area contributed by atoms with Crippen LogP contribution in [0.15, 0.2) is 12.2 Å². The molecule has 0 bridgehead atoms. The van der Waals surface area contributed by atoms with E-state index in [9.17, 15) is 5.11 Å². The Kier molecular flexibility index (Phi) is 6.53. The molecule has 0 aromatic carbocycles. The van der Waals surface area contributed by atoms with Gasteiger partial charge in [-0.25, -0.2) is 0 Å². The highest BCUT2D eigenvalue weighted by Crippen LogP contribution is 2.68. The minimum Gasteiger partial charge on any atom is -0.393 e. The Labute approximate surface area is 187 Å². The van der Waals surface area contributed by atoms with E-state index in [0.717, 1.165) is 47.8 Å². The predicted octanol–water partition coefficient (Wildman–Crippen LogP) is 7.88. The van der Waals surface area contributed by atoms with Crippen LogP contribution in [0.25, 0.3) is 0 Å². The van der Waals surface area contributed by atoms with Crippen molar-refractivity contribution >= 4 is 0 Å². The van der Waals surface area contributed by atoms with Crippen molar-refractivity contribution in [3.8, 4) is 0 Å². The maximum Gasteiger partial charge on any atom is 0.0599 e. The summed E-state index contributed by atoms with van der Waals surface area (Å²) in [7, 11) is 0. The molecule has 4 fully saturated rings. The van der Waals surface area contributed by atoms with Gasteiger partial charge in [-0.3, -0.25) is 0 Å². The SMILES string of the molecule is CCC(C=C[C@@H](C)[C@H]1CC[C@H]2[C@@H]3CCC4CCCC(O)[C@]4(C)[C@H]3CC[C@]12C)C(C)C. The van der Waals surface area contributed by atoms with Crippen LogP contribution in [0.4, 0.5) is 0 Å². The van der Waals surface area contributed by atoms with Crippen LogP contribution in [-0.2, 0) is 0 Å². The van der Waals surface area contributed by atoms with Crippen LogP contribution < -0.4 is 0 Å². The Morgan fingerprint density at radius 2 is 1.67 bits per heavy atom. The molecule has 4 aliphatic carbocycles. The number of fused-ring (bicyclic) bond motifs is 5. The molecule has 1 heteroatoms. The lowest BCUT2D eigenvalue weighted by molar-refractivity contribution is -0.163. The zero-order chi connectivity index (χ0) is 21.7. The fourth-order valence-electron chi connectivity index (χ4n) is 9.50. The maximum absolute atomic E-state index is 11.1. The molecular weight excluding hydrogens is 364 g/mol. The van der Waals surface area contributed by atoms with Crippen LogP contribution in [0.1, 0.15) is 106 Å². The third kappa shape index (κ3) is 3.54. The molecule has 0 aromatic rings. The molecule has 4 rings (SSSR count). The molecule has 0 saturated heterocycles.